The third kappa shape index (κ3) is 3.81. The maximum Gasteiger partial charge on any atom is 0.162 e. The van der Waals surface area contributed by atoms with E-state index in [9.17, 15) is 0 Å². The van der Waals surface area contributed by atoms with Crippen molar-refractivity contribution in [2.75, 3.05) is 26.1 Å². The number of benzene rings is 2. The minimum atomic E-state index is 0.726. The van der Waals surface area contributed by atoms with Gasteiger partial charge in [0.25, 0.3) is 0 Å². The Kier molecular flexibility index (Phi) is 5.13. The molecule has 0 saturated carbocycles. The highest BCUT2D eigenvalue weighted by atomic mass is 35.5. The number of methoxy groups -OCH3 is 2. The van der Waals surface area contributed by atoms with Gasteiger partial charge in [0.15, 0.2) is 11.5 Å². The number of rotatable bonds is 6. The molecule has 0 aliphatic heterocycles. The van der Waals surface area contributed by atoms with E-state index in [-0.39, 0.29) is 0 Å². The normalized spacial score (nSPS) is 10.2. The van der Waals surface area contributed by atoms with Gasteiger partial charge in [0.05, 0.1) is 14.2 Å². The van der Waals surface area contributed by atoms with Gasteiger partial charge in [-0.05, 0) is 36.2 Å². The van der Waals surface area contributed by atoms with Gasteiger partial charge in [-0.15, -0.1) is 0 Å². The van der Waals surface area contributed by atoms with Crippen LogP contribution in [-0.4, -0.2) is 20.8 Å². The average molecular weight is 292 g/mol. The highest BCUT2D eigenvalue weighted by Gasteiger charge is 2.04. The van der Waals surface area contributed by atoms with Gasteiger partial charge >= 0.3 is 0 Å². The van der Waals surface area contributed by atoms with E-state index in [1.54, 1.807) is 14.2 Å². The van der Waals surface area contributed by atoms with Crippen molar-refractivity contribution in [3.05, 3.63) is 53.1 Å². The summed E-state index contributed by atoms with van der Waals surface area (Å²) in [6.07, 6.45) is 0.936. The van der Waals surface area contributed by atoms with Gasteiger partial charge in [-0.1, -0.05) is 23.7 Å². The summed E-state index contributed by atoms with van der Waals surface area (Å²) in [4.78, 5) is 0. The predicted molar refractivity (Wildman–Crippen MR) is 83.2 cm³/mol. The van der Waals surface area contributed by atoms with E-state index in [0.29, 0.717) is 0 Å². The molecule has 2 aromatic carbocycles. The summed E-state index contributed by atoms with van der Waals surface area (Å²) in [5.41, 5.74) is 2.26. The molecule has 0 amide bonds. The van der Waals surface area contributed by atoms with Crippen LogP contribution in [0.25, 0.3) is 0 Å². The van der Waals surface area contributed by atoms with Crippen LogP contribution in [-0.2, 0) is 6.42 Å². The molecule has 0 saturated heterocycles. The van der Waals surface area contributed by atoms with E-state index in [0.717, 1.165) is 35.2 Å². The molecule has 0 atom stereocenters. The fraction of sp³-hybridized carbons (Fsp3) is 0.250. The Balaban J connectivity index is 1.92. The molecular weight excluding hydrogens is 274 g/mol. The zero-order valence-corrected chi connectivity index (χ0v) is 12.4. The van der Waals surface area contributed by atoms with Crippen LogP contribution in [0.2, 0.25) is 5.02 Å². The molecule has 0 heterocycles. The first-order valence-electron chi connectivity index (χ1n) is 6.43. The summed E-state index contributed by atoms with van der Waals surface area (Å²) < 4.78 is 10.5. The molecule has 20 heavy (non-hydrogen) atoms. The molecule has 3 nitrogen and oxygen atoms in total. The molecule has 0 aliphatic rings. The molecular formula is C16H18ClNO2. The van der Waals surface area contributed by atoms with Crippen LogP contribution in [0.4, 0.5) is 5.69 Å². The van der Waals surface area contributed by atoms with Gasteiger partial charge in [-0.3, -0.25) is 0 Å². The molecule has 2 aromatic rings. The number of hydrogen-bond donors (Lipinski definition) is 1. The maximum absolute atomic E-state index is 5.86. The molecule has 0 aliphatic carbocycles. The lowest BCUT2D eigenvalue weighted by Crippen LogP contribution is -2.05. The van der Waals surface area contributed by atoms with E-state index in [1.165, 1.54) is 5.56 Å². The molecule has 0 aromatic heterocycles. The number of ether oxygens (including phenoxy) is 2. The Labute approximate surface area is 124 Å². The van der Waals surface area contributed by atoms with Crippen LogP contribution in [0.1, 0.15) is 5.56 Å². The quantitative estimate of drug-likeness (QED) is 0.872. The van der Waals surface area contributed by atoms with E-state index >= 15 is 0 Å². The molecule has 0 bridgehead atoms. The standard InChI is InChI=1S/C16H18ClNO2/c1-19-15-8-7-14(11-16(15)20-2)18-10-9-12-3-5-13(17)6-4-12/h3-8,11,18H,9-10H2,1-2H3. The van der Waals surface area contributed by atoms with Crippen LogP contribution in [0.15, 0.2) is 42.5 Å². The highest BCUT2D eigenvalue weighted by molar-refractivity contribution is 6.30. The first-order chi connectivity index (χ1) is 9.72. The third-order valence-electron chi connectivity index (χ3n) is 3.04. The van der Waals surface area contributed by atoms with Crippen LogP contribution >= 0.6 is 11.6 Å². The second kappa shape index (κ2) is 7.06. The van der Waals surface area contributed by atoms with Crippen molar-refractivity contribution in [1.82, 2.24) is 0 Å². The average Bonchev–Trinajstić information content (AvgIpc) is 2.49. The van der Waals surface area contributed by atoms with E-state index < -0.39 is 0 Å². The zero-order valence-electron chi connectivity index (χ0n) is 11.7. The van der Waals surface area contributed by atoms with Crippen molar-refractivity contribution >= 4 is 17.3 Å². The fourth-order valence-corrected chi connectivity index (χ4v) is 2.07. The second-order valence-electron chi connectivity index (χ2n) is 4.37. The van der Waals surface area contributed by atoms with Crippen molar-refractivity contribution in [2.45, 2.75) is 6.42 Å². The van der Waals surface area contributed by atoms with Crippen molar-refractivity contribution in [2.24, 2.45) is 0 Å². The summed E-state index contributed by atoms with van der Waals surface area (Å²) in [7, 11) is 3.26. The Hall–Kier alpha value is -1.87. The lowest BCUT2D eigenvalue weighted by molar-refractivity contribution is 0.355. The summed E-state index contributed by atoms with van der Waals surface area (Å²) in [6.45, 7) is 0.844. The first kappa shape index (κ1) is 14.5. The molecule has 106 valence electrons. The van der Waals surface area contributed by atoms with Gasteiger partial charge in [0.1, 0.15) is 0 Å². The lowest BCUT2D eigenvalue weighted by Gasteiger charge is -2.11. The smallest absolute Gasteiger partial charge is 0.162 e. The topological polar surface area (TPSA) is 30.5 Å². The SMILES string of the molecule is COc1ccc(NCCc2ccc(Cl)cc2)cc1OC. The first-order valence-corrected chi connectivity index (χ1v) is 6.81. The minimum absolute atomic E-state index is 0.726. The van der Waals surface area contributed by atoms with Crippen molar-refractivity contribution in [3.63, 3.8) is 0 Å². The molecule has 4 heteroatoms. The minimum Gasteiger partial charge on any atom is -0.493 e. The zero-order chi connectivity index (χ0) is 14.4. The predicted octanol–water partition coefficient (Wildman–Crippen LogP) is 4.01. The third-order valence-corrected chi connectivity index (χ3v) is 3.29. The monoisotopic (exact) mass is 291 g/mol. The van der Waals surface area contributed by atoms with Crippen LogP contribution in [0.3, 0.4) is 0 Å². The molecule has 0 unspecified atom stereocenters. The maximum atomic E-state index is 5.86. The molecule has 0 fully saturated rings. The number of hydrogen-bond acceptors (Lipinski definition) is 3. The van der Waals surface area contributed by atoms with Gasteiger partial charge < -0.3 is 14.8 Å². The van der Waals surface area contributed by atoms with Crippen molar-refractivity contribution in [1.29, 1.82) is 0 Å². The Morgan fingerprint density at radius 1 is 0.950 bits per heavy atom. The summed E-state index contributed by atoms with van der Waals surface area (Å²) in [5.74, 6) is 1.46. The largest absolute Gasteiger partial charge is 0.493 e. The van der Waals surface area contributed by atoms with Gasteiger partial charge in [0, 0.05) is 23.3 Å². The Morgan fingerprint density at radius 3 is 2.30 bits per heavy atom. The van der Waals surface area contributed by atoms with E-state index in [4.69, 9.17) is 21.1 Å². The van der Waals surface area contributed by atoms with Crippen LogP contribution in [0, 0.1) is 0 Å². The number of nitrogens with one attached hydrogen (secondary N) is 1. The highest BCUT2D eigenvalue weighted by Crippen LogP contribution is 2.29. The molecule has 2 rings (SSSR count). The molecule has 0 spiro atoms. The number of halogens is 1. The number of anilines is 1. The van der Waals surface area contributed by atoms with E-state index in [1.807, 2.05) is 42.5 Å². The van der Waals surface area contributed by atoms with Crippen molar-refractivity contribution < 1.29 is 9.47 Å². The molecule has 0 radical (unpaired) electrons. The van der Waals surface area contributed by atoms with Crippen LogP contribution in [0.5, 0.6) is 11.5 Å². The van der Waals surface area contributed by atoms with Crippen LogP contribution < -0.4 is 14.8 Å². The Morgan fingerprint density at radius 2 is 1.65 bits per heavy atom. The summed E-state index contributed by atoms with van der Waals surface area (Å²) in [6, 6.07) is 13.7. The van der Waals surface area contributed by atoms with Crippen molar-refractivity contribution in [3.8, 4) is 11.5 Å². The van der Waals surface area contributed by atoms with Gasteiger partial charge in [-0.25, -0.2) is 0 Å². The molecule has 1 N–H and O–H groups in total. The van der Waals surface area contributed by atoms with Gasteiger partial charge in [-0.2, -0.15) is 0 Å². The lowest BCUT2D eigenvalue weighted by atomic mass is 10.1. The van der Waals surface area contributed by atoms with E-state index in [2.05, 4.69) is 5.32 Å². The fourth-order valence-electron chi connectivity index (χ4n) is 1.95. The van der Waals surface area contributed by atoms with Gasteiger partial charge in [0.2, 0.25) is 0 Å². The second-order valence-corrected chi connectivity index (χ2v) is 4.81. The summed E-state index contributed by atoms with van der Waals surface area (Å²) >= 11 is 5.86. The summed E-state index contributed by atoms with van der Waals surface area (Å²) in [5, 5.41) is 4.13. The Bertz CT molecular complexity index is 555.